The quantitative estimate of drug-likeness (QED) is 0.350. The van der Waals surface area contributed by atoms with Crippen molar-refractivity contribution in [3.63, 3.8) is 0 Å². The number of aliphatic carboxylic acids is 1. The maximum atomic E-state index is 13.1. The van der Waals surface area contributed by atoms with Gasteiger partial charge in [0.05, 0.1) is 18.2 Å². The summed E-state index contributed by atoms with van der Waals surface area (Å²) in [6.07, 6.45) is 1.27. The number of aryl methyl sites for hydroxylation is 1. The van der Waals surface area contributed by atoms with Crippen LogP contribution in [0.3, 0.4) is 0 Å². The van der Waals surface area contributed by atoms with Crippen molar-refractivity contribution in [2.24, 2.45) is 0 Å². The lowest BCUT2D eigenvalue weighted by molar-refractivity contribution is -0.179. The maximum absolute atomic E-state index is 13.1. The van der Waals surface area contributed by atoms with Crippen LogP contribution in [0.1, 0.15) is 39.0 Å². The zero-order valence-electron chi connectivity index (χ0n) is 18.9. The number of carbonyl (C=O) groups is 2. The lowest BCUT2D eigenvalue weighted by atomic mass is 9.77. The molecule has 0 fully saturated rings. The molecule has 1 aromatic heterocycles. The highest BCUT2D eigenvalue weighted by molar-refractivity contribution is 6.07. The molecule has 0 bridgehead atoms. The molecule has 3 atom stereocenters. The van der Waals surface area contributed by atoms with E-state index in [0.717, 1.165) is 15.8 Å². The van der Waals surface area contributed by atoms with Crippen molar-refractivity contribution in [3.8, 4) is 0 Å². The van der Waals surface area contributed by atoms with Crippen molar-refractivity contribution < 1.29 is 19.8 Å². The molecule has 0 saturated carbocycles. The van der Waals surface area contributed by atoms with E-state index in [1.807, 2.05) is 43.3 Å². The van der Waals surface area contributed by atoms with Crippen molar-refractivity contribution >= 4 is 23.4 Å². The Morgan fingerprint density at radius 2 is 1.57 bits per heavy atom. The fourth-order valence-corrected chi connectivity index (χ4v) is 4.59. The number of carboxylic acids is 1. The van der Waals surface area contributed by atoms with Gasteiger partial charge in [0, 0.05) is 5.69 Å². The number of aliphatic hydroxyl groups is 1. The fraction of sp³-hybridized carbons (Fsp3) is 0.148. The molecule has 8 nitrogen and oxygen atoms in total. The number of nitrogens with one attached hydrogen (secondary N) is 2. The lowest BCUT2D eigenvalue weighted by Gasteiger charge is -2.43. The van der Waals surface area contributed by atoms with E-state index < -0.39 is 29.6 Å². The molecule has 5 rings (SSSR count). The third-order valence-corrected chi connectivity index (χ3v) is 6.34. The van der Waals surface area contributed by atoms with Crippen LogP contribution in [0.25, 0.3) is 0 Å². The second kappa shape index (κ2) is 8.73. The lowest BCUT2D eigenvalue weighted by Crippen LogP contribution is -2.54. The molecule has 4 aromatic rings. The number of carbonyl (C=O) groups excluding carboxylic acids is 1. The maximum Gasteiger partial charge on any atom is 0.360 e. The highest BCUT2D eigenvalue weighted by Crippen LogP contribution is 2.49. The second-order valence-electron chi connectivity index (χ2n) is 8.59. The Bertz CT molecular complexity index is 1370. The molecule has 0 aliphatic carbocycles. The molecule has 1 aliphatic heterocycles. The molecule has 176 valence electrons. The number of anilines is 2. The van der Waals surface area contributed by atoms with E-state index in [2.05, 4.69) is 15.7 Å². The minimum atomic E-state index is -2.46. The molecule has 3 unspecified atom stereocenters. The number of rotatable bonds is 5. The standard InChI is InChI=1S/C27H24N4O4/c1-17-12-14-19(15-13-17)23-22(18-8-4-2-5-9-18)27(35,26(33)34)31-24(30-23)21(16-28-31)25(32)29-20-10-6-3-7-11-20/h2-16,22-23,30,35H,1H3,(H,29,32)(H,33,34). The molecular formula is C27H24N4O4. The summed E-state index contributed by atoms with van der Waals surface area (Å²) in [6, 6.07) is 24.8. The first-order chi connectivity index (χ1) is 16.9. The van der Waals surface area contributed by atoms with Crippen LogP contribution in [0, 0.1) is 6.92 Å². The third kappa shape index (κ3) is 3.83. The Morgan fingerprint density at radius 3 is 2.20 bits per heavy atom. The largest absolute Gasteiger partial charge is 0.478 e. The van der Waals surface area contributed by atoms with Gasteiger partial charge >= 0.3 is 5.97 Å². The van der Waals surface area contributed by atoms with Crippen LogP contribution in [-0.4, -0.2) is 31.9 Å². The molecule has 3 aromatic carbocycles. The summed E-state index contributed by atoms with van der Waals surface area (Å²) in [4.78, 5) is 25.8. The molecule has 1 aliphatic rings. The van der Waals surface area contributed by atoms with Gasteiger partial charge in [0.15, 0.2) is 0 Å². The summed E-state index contributed by atoms with van der Waals surface area (Å²) < 4.78 is 0.998. The predicted octanol–water partition coefficient (Wildman–Crippen LogP) is 4.12. The van der Waals surface area contributed by atoms with Crippen LogP contribution in [-0.2, 0) is 10.5 Å². The zero-order chi connectivity index (χ0) is 24.6. The summed E-state index contributed by atoms with van der Waals surface area (Å²) in [5, 5.41) is 32.4. The SMILES string of the molecule is Cc1ccc(C2Nc3c(C(=O)Nc4ccccc4)cnn3C(O)(C(=O)O)C2c2ccccc2)cc1. The molecule has 1 amide bonds. The van der Waals surface area contributed by atoms with Crippen molar-refractivity contribution in [2.45, 2.75) is 24.6 Å². The smallest absolute Gasteiger partial charge is 0.360 e. The molecule has 0 spiro atoms. The molecule has 35 heavy (non-hydrogen) atoms. The van der Waals surface area contributed by atoms with Gasteiger partial charge < -0.3 is 20.8 Å². The number of nitrogens with zero attached hydrogens (tertiary/aromatic N) is 2. The number of hydrogen-bond acceptors (Lipinski definition) is 5. The van der Waals surface area contributed by atoms with Crippen molar-refractivity contribution in [1.29, 1.82) is 0 Å². The minimum Gasteiger partial charge on any atom is -0.478 e. The molecule has 4 N–H and O–H groups in total. The molecular weight excluding hydrogens is 444 g/mol. The summed E-state index contributed by atoms with van der Waals surface area (Å²) in [7, 11) is 0. The van der Waals surface area contributed by atoms with E-state index in [4.69, 9.17) is 0 Å². The highest BCUT2D eigenvalue weighted by atomic mass is 16.4. The van der Waals surface area contributed by atoms with Crippen molar-refractivity contribution in [2.75, 3.05) is 10.6 Å². The van der Waals surface area contributed by atoms with Gasteiger partial charge in [-0.25, -0.2) is 9.48 Å². The highest BCUT2D eigenvalue weighted by Gasteiger charge is 2.56. The second-order valence-corrected chi connectivity index (χ2v) is 8.59. The van der Waals surface area contributed by atoms with E-state index in [0.29, 0.717) is 11.3 Å². The van der Waals surface area contributed by atoms with E-state index >= 15 is 0 Å². The van der Waals surface area contributed by atoms with Gasteiger partial charge in [-0.05, 0) is 30.2 Å². The number of aromatic nitrogens is 2. The summed E-state index contributed by atoms with van der Waals surface area (Å²) in [5.74, 6) is -2.76. The molecule has 2 heterocycles. The van der Waals surface area contributed by atoms with Gasteiger partial charge in [0.25, 0.3) is 11.6 Å². The number of fused-ring (bicyclic) bond motifs is 1. The fourth-order valence-electron chi connectivity index (χ4n) is 4.59. The zero-order valence-corrected chi connectivity index (χ0v) is 18.9. The average Bonchev–Trinajstić information content (AvgIpc) is 3.30. The number of para-hydroxylation sites is 1. The Morgan fingerprint density at radius 1 is 0.943 bits per heavy atom. The van der Waals surface area contributed by atoms with E-state index in [1.54, 1.807) is 48.5 Å². The van der Waals surface area contributed by atoms with Crippen molar-refractivity contribution in [3.05, 3.63) is 113 Å². The monoisotopic (exact) mass is 468 g/mol. The normalized spacial score (nSPS) is 21.0. The van der Waals surface area contributed by atoms with Gasteiger partial charge in [-0.2, -0.15) is 5.10 Å². The minimum absolute atomic E-state index is 0.122. The predicted molar refractivity (Wildman–Crippen MR) is 131 cm³/mol. The third-order valence-electron chi connectivity index (χ3n) is 6.34. The van der Waals surface area contributed by atoms with E-state index in [9.17, 15) is 19.8 Å². The van der Waals surface area contributed by atoms with Crippen LogP contribution in [0.2, 0.25) is 0 Å². The van der Waals surface area contributed by atoms with Gasteiger partial charge in [-0.1, -0.05) is 78.4 Å². The van der Waals surface area contributed by atoms with Crippen LogP contribution < -0.4 is 10.6 Å². The molecule has 0 radical (unpaired) electrons. The Hall–Kier alpha value is -4.43. The van der Waals surface area contributed by atoms with Crippen molar-refractivity contribution in [1.82, 2.24) is 9.78 Å². The average molecular weight is 469 g/mol. The van der Waals surface area contributed by atoms with Gasteiger partial charge in [-0.15, -0.1) is 0 Å². The Labute approximate surface area is 201 Å². The Kier molecular flexibility index (Phi) is 5.58. The summed E-state index contributed by atoms with van der Waals surface area (Å²) >= 11 is 0. The van der Waals surface area contributed by atoms with Gasteiger partial charge in [-0.3, -0.25) is 4.79 Å². The number of carboxylic acid groups (broad SMARTS) is 1. The van der Waals surface area contributed by atoms with Crippen LogP contribution in [0.4, 0.5) is 11.5 Å². The van der Waals surface area contributed by atoms with Crippen LogP contribution >= 0.6 is 0 Å². The van der Waals surface area contributed by atoms with E-state index in [-0.39, 0.29) is 11.4 Å². The van der Waals surface area contributed by atoms with E-state index in [1.165, 1.54) is 6.20 Å². The first-order valence-corrected chi connectivity index (χ1v) is 11.2. The Balaban J connectivity index is 1.66. The van der Waals surface area contributed by atoms with Gasteiger partial charge in [0.1, 0.15) is 11.4 Å². The summed E-state index contributed by atoms with van der Waals surface area (Å²) in [6.45, 7) is 1.96. The topological polar surface area (TPSA) is 116 Å². The van der Waals surface area contributed by atoms with Crippen LogP contribution in [0.15, 0.2) is 91.1 Å². The number of benzene rings is 3. The first kappa shape index (κ1) is 22.4. The van der Waals surface area contributed by atoms with Gasteiger partial charge in [0.2, 0.25) is 0 Å². The molecule has 0 saturated heterocycles. The summed E-state index contributed by atoms with van der Waals surface area (Å²) in [5.41, 5.74) is 0.680. The number of hydrogen-bond donors (Lipinski definition) is 4. The first-order valence-electron chi connectivity index (χ1n) is 11.2. The molecule has 8 heteroatoms. The van der Waals surface area contributed by atoms with Crippen LogP contribution in [0.5, 0.6) is 0 Å². The number of amides is 1.